The van der Waals surface area contributed by atoms with Gasteiger partial charge in [-0.3, -0.25) is 4.79 Å². The monoisotopic (exact) mass is 264 g/mol. The predicted molar refractivity (Wildman–Crippen MR) is 72.4 cm³/mol. The highest BCUT2D eigenvalue weighted by atomic mass is 16.5. The minimum atomic E-state index is 0.110. The summed E-state index contributed by atoms with van der Waals surface area (Å²) in [6.07, 6.45) is 4.17. The summed E-state index contributed by atoms with van der Waals surface area (Å²) < 4.78 is 10.3. The Hall–Kier alpha value is -1.62. The van der Waals surface area contributed by atoms with E-state index in [0.29, 0.717) is 18.2 Å². The highest BCUT2D eigenvalue weighted by Crippen LogP contribution is 2.20. The number of rotatable bonds is 5. The smallest absolute Gasteiger partial charge is 0.226 e. The number of hydrogen-bond acceptors (Lipinski definition) is 4. The molecule has 1 fully saturated rings. The van der Waals surface area contributed by atoms with Crippen LogP contribution in [-0.4, -0.2) is 38.3 Å². The van der Waals surface area contributed by atoms with Crippen LogP contribution in [0.3, 0.4) is 0 Å². The molecule has 0 spiro atoms. The van der Waals surface area contributed by atoms with Crippen LogP contribution in [0, 0.1) is 5.92 Å². The number of ether oxygens (including phenoxy) is 2. The zero-order valence-corrected chi connectivity index (χ0v) is 11.5. The number of pyridine rings is 1. The van der Waals surface area contributed by atoms with E-state index < -0.39 is 0 Å². The Bertz CT molecular complexity index is 413. The van der Waals surface area contributed by atoms with Crippen molar-refractivity contribution in [2.45, 2.75) is 19.3 Å². The number of methoxy groups -OCH3 is 1. The topological polar surface area (TPSA) is 51.7 Å². The van der Waals surface area contributed by atoms with Crippen molar-refractivity contribution in [2.75, 3.05) is 32.3 Å². The van der Waals surface area contributed by atoms with Crippen molar-refractivity contribution in [1.29, 1.82) is 0 Å². The Balaban J connectivity index is 1.86. The van der Waals surface area contributed by atoms with E-state index in [9.17, 15) is 4.79 Å². The molecule has 1 saturated heterocycles. The summed E-state index contributed by atoms with van der Waals surface area (Å²) >= 11 is 0. The molecule has 2 heterocycles. The van der Waals surface area contributed by atoms with Crippen molar-refractivity contribution >= 4 is 11.6 Å². The quantitative estimate of drug-likeness (QED) is 0.814. The summed E-state index contributed by atoms with van der Waals surface area (Å²) in [5.74, 6) is 1.19. The molecule has 1 aromatic rings. The molecule has 0 saturated carbocycles. The van der Waals surface area contributed by atoms with Gasteiger partial charge in [-0.15, -0.1) is 0 Å². The summed E-state index contributed by atoms with van der Waals surface area (Å²) in [4.78, 5) is 17.8. The molecule has 2 rings (SSSR count). The van der Waals surface area contributed by atoms with Gasteiger partial charge in [-0.1, -0.05) is 0 Å². The molecule has 0 aliphatic carbocycles. The van der Waals surface area contributed by atoms with Gasteiger partial charge in [0.25, 0.3) is 0 Å². The van der Waals surface area contributed by atoms with Crippen molar-refractivity contribution < 1.29 is 14.3 Å². The maximum absolute atomic E-state index is 12.1. The van der Waals surface area contributed by atoms with Crippen LogP contribution in [-0.2, 0) is 9.53 Å². The fourth-order valence-corrected chi connectivity index (χ4v) is 2.14. The number of aromatic nitrogens is 1. The molecule has 0 bridgehead atoms. The Morgan fingerprint density at radius 1 is 1.58 bits per heavy atom. The Labute approximate surface area is 113 Å². The van der Waals surface area contributed by atoms with E-state index >= 15 is 0 Å². The molecular formula is C14H20N2O3. The first kappa shape index (κ1) is 13.8. The molecule has 104 valence electrons. The van der Waals surface area contributed by atoms with Gasteiger partial charge < -0.3 is 14.4 Å². The van der Waals surface area contributed by atoms with E-state index in [1.807, 2.05) is 6.07 Å². The first-order valence-electron chi connectivity index (χ1n) is 6.55. The maximum atomic E-state index is 12.1. The van der Waals surface area contributed by atoms with E-state index in [4.69, 9.17) is 9.47 Å². The summed E-state index contributed by atoms with van der Waals surface area (Å²) in [6, 6.07) is 3.59. The molecule has 5 heteroatoms. The van der Waals surface area contributed by atoms with Crippen molar-refractivity contribution in [3.8, 4) is 5.88 Å². The molecule has 1 atom stereocenters. The fraction of sp³-hybridized carbons (Fsp3) is 0.571. The van der Waals surface area contributed by atoms with Gasteiger partial charge in [0.1, 0.15) is 0 Å². The van der Waals surface area contributed by atoms with Gasteiger partial charge in [-0.25, -0.2) is 4.98 Å². The third kappa shape index (κ3) is 3.67. The van der Waals surface area contributed by atoms with Crippen molar-refractivity contribution in [3.05, 3.63) is 18.3 Å². The number of carbonyl (C=O) groups is 1. The molecule has 5 nitrogen and oxygen atoms in total. The summed E-state index contributed by atoms with van der Waals surface area (Å²) in [7, 11) is 3.34. The lowest BCUT2D eigenvalue weighted by atomic mass is 10.0. The van der Waals surface area contributed by atoms with Crippen LogP contribution >= 0.6 is 0 Å². The molecule has 1 aliphatic rings. The van der Waals surface area contributed by atoms with Crippen LogP contribution in [0.5, 0.6) is 5.88 Å². The molecule has 0 aromatic carbocycles. The molecule has 1 aromatic heterocycles. The van der Waals surface area contributed by atoms with Gasteiger partial charge >= 0.3 is 0 Å². The number of amides is 1. The summed E-state index contributed by atoms with van der Waals surface area (Å²) in [5, 5.41) is 0. The molecular weight excluding hydrogens is 244 g/mol. The first-order valence-corrected chi connectivity index (χ1v) is 6.55. The largest absolute Gasteiger partial charge is 0.481 e. The second-order valence-corrected chi connectivity index (χ2v) is 4.78. The SMILES string of the molecule is COc1ccc(N(C)C(=O)CCC2CCOC2)cn1. The normalized spacial score (nSPS) is 18.3. The van der Waals surface area contributed by atoms with Crippen molar-refractivity contribution in [2.24, 2.45) is 5.92 Å². The minimum absolute atomic E-state index is 0.110. The van der Waals surface area contributed by atoms with Crippen LogP contribution in [0.4, 0.5) is 5.69 Å². The van der Waals surface area contributed by atoms with E-state index in [2.05, 4.69) is 4.98 Å². The van der Waals surface area contributed by atoms with Gasteiger partial charge in [-0.05, 0) is 24.8 Å². The molecule has 1 aliphatic heterocycles. The third-order valence-corrected chi connectivity index (χ3v) is 3.48. The molecule has 1 amide bonds. The lowest BCUT2D eigenvalue weighted by Crippen LogP contribution is -2.26. The Morgan fingerprint density at radius 3 is 3.00 bits per heavy atom. The average molecular weight is 264 g/mol. The van der Waals surface area contributed by atoms with Crippen LogP contribution in [0.15, 0.2) is 18.3 Å². The fourth-order valence-electron chi connectivity index (χ4n) is 2.14. The second kappa shape index (κ2) is 6.52. The number of hydrogen-bond donors (Lipinski definition) is 0. The standard InChI is InChI=1S/C14H20N2O3/c1-16(12-4-5-13(18-2)15-9-12)14(17)6-3-11-7-8-19-10-11/h4-5,9,11H,3,6-8,10H2,1-2H3. The van der Waals surface area contributed by atoms with E-state index in [0.717, 1.165) is 31.7 Å². The first-order chi connectivity index (χ1) is 9.20. The van der Waals surface area contributed by atoms with Gasteiger partial charge in [0, 0.05) is 32.7 Å². The number of anilines is 1. The molecule has 19 heavy (non-hydrogen) atoms. The Morgan fingerprint density at radius 2 is 2.42 bits per heavy atom. The van der Waals surface area contributed by atoms with Crippen molar-refractivity contribution in [3.63, 3.8) is 0 Å². The van der Waals surface area contributed by atoms with Gasteiger partial charge in [0.15, 0.2) is 0 Å². The van der Waals surface area contributed by atoms with Gasteiger partial charge in [0.2, 0.25) is 11.8 Å². The van der Waals surface area contributed by atoms with Crippen LogP contribution in [0.25, 0.3) is 0 Å². The molecule has 1 unspecified atom stereocenters. The highest BCUT2D eigenvalue weighted by Gasteiger charge is 2.18. The third-order valence-electron chi connectivity index (χ3n) is 3.48. The zero-order chi connectivity index (χ0) is 13.7. The highest BCUT2D eigenvalue weighted by molar-refractivity contribution is 5.92. The van der Waals surface area contributed by atoms with Crippen LogP contribution in [0.2, 0.25) is 0 Å². The van der Waals surface area contributed by atoms with E-state index in [-0.39, 0.29) is 5.91 Å². The van der Waals surface area contributed by atoms with E-state index in [1.54, 1.807) is 31.3 Å². The van der Waals surface area contributed by atoms with Gasteiger partial charge in [-0.2, -0.15) is 0 Å². The molecule has 0 radical (unpaired) electrons. The van der Waals surface area contributed by atoms with Crippen molar-refractivity contribution in [1.82, 2.24) is 4.98 Å². The maximum Gasteiger partial charge on any atom is 0.226 e. The summed E-state index contributed by atoms with van der Waals surface area (Å²) in [5.41, 5.74) is 0.786. The Kier molecular flexibility index (Phi) is 4.74. The van der Waals surface area contributed by atoms with Gasteiger partial charge in [0.05, 0.1) is 19.0 Å². The van der Waals surface area contributed by atoms with Crippen LogP contribution in [0.1, 0.15) is 19.3 Å². The average Bonchev–Trinajstić information content (AvgIpc) is 2.97. The van der Waals surface area contributed by atoms with Crippen LogP contribution < -0.4 is 9.64 Å². The molecule has 0 N–H and O–H groups in total. The number of nitrogens with zero attached hydrogens (tertiary/aromatic N) is 2. The summed E-state index contributed by atoms with van der Waals surface area (Å²) in [6.45, 7) is 1.62. The number of carbonyl (C=O) groups excluding carboxylic acids is 1. The lowest BCUT2D eigenvalue weighted by molar-refractivity contribution is -0.118. The second-order valence-electron chi connectivity index (χ2n) is 4.78. The van der Waals surface area contributed by atoms with E-state index in [1.165, 1.54) is 0 Å². The minimum Gasteiger partial charge on any atom is -0.481 e. The lowest BCUT2D eigenvalue weighted by Gasteiger charge is -2.18. The predicted octanol–water partition coefficient (Wildman–Crippen LogP) is 1.87. The zero-order valence-electron chi connectivity index (χ0n) is 11.5.